The smallest absolute Gasteiger partial charge is 0.303 e. The van der Waals surface area contributed by atoms with Crippen LogP contribution in [0.5, 0.6) is 0 Å². The van der Waals surface area contributed by atoms with E-state index in [1.807, 2.05) is 24.3 Å². The Labute approximate surface area is 331 Å². The topological polar surface area (TPSA) is 108 Å². The number of carbonyl (C=O) groups is 2. The van der Waals surface area contributed by atoms with Crippen LogP contribution in [0.2, 0.25) is 0 Å². The zero-order valence-corrected chi connectivity index (χ0v) is 33.7. The van der Waals surface area contributed by atoms with Gasteiger partial charge in [-0.3, -0.25) is 9.59 Å². The third-order valence-corrected chi connectivity index (χ3v) is 10.7. The number of carboxylic acid groups (broad SMARTS) is 1. The molecule has 0 spiro atoms. The van der Waals surface area contributed by atoms with Crippen molar-refractivity contribution >= 4 is 11.9 Å². The zero-order chi connectivity index (χ0) is 39.1. The fourth-order valence-electron chi connectivity index (χ4n) is 7.42. The summed E-state index contributed by atoms with van der Waals surface area (Å²) in [5.74, 6) is -0.905. The zero-order valence-electron chi connectivity index (χ0n) is 33.7. The number of carbonyl (C=O) groups excluding carboxylic acids is 1. The molecule has 3 aromatic rings. The Balaban J connectivity index is 1.47. The van der Waals surface area contributed by atoms with Crippen LogP contribution in [0.4, 0.5) is 0 Å². The number of aliphatic carboxylic acids is 1. The first kappa shape index (κ1) is 44.2. The summed E-state index contributed by atoms with van der Waals surface area (Å²) in [6.45, 7) is 8.04. The second-order valence-corrected chi connectivity index (χ2v) is 15.4. The van der Waals surface area contributed by atoms with Crippen molar-refractivity contribution in [3.8, 4) is 11.1 Å². The van der Waals surface area contributed by atoms with Crippen molar-refractivity contribution in [1.82, 2.24) is 10.2 Å². The average Bonchev–Trinajstić information content (AvgIpc) is 3.21. The van der Waals surface area contributed by atoms with E-state index in [0.29, 0.717) is 25.8 Å². The summed E-state index contributed by atoms with van der Waals surface area (Å²) in [7, 11) is 0. The highest BCUT2D eigenvalue weighted by molar-refractivity contribution is 5.76. The van der Waals surface area contributed by atoms with Crippen LogP contribution in [-0.2, 0) is 32.2 Å². The van der Waals surface area contributed by atoms with Crippen LogP contribution in [0.3, 0.4) is 0 Å². The van der Waals surface area contributed by atoms with E-state index in [1.54, 1.807) is 0 Å². The Bertz CT molecular complexity index is 1510. The van der Waals surface area contributed by atoms with Crippen LogP contribution < -0.4 is 5.32 Å². The second-order valence-electron chi connectivity index (χ2n) is 15.4. The lowest BCUT2D eigenvalue weighted by Gasteiger charge is -2.38. The Kier molecular flexibility index (Phi) is 20.5. The number of amides is 1. The normalized spacial score (nSPS) is 17.1. The summed E-state index contributed by atoms with van der Waals surface area (Å²) < 4.78 is 13.6. The van der Waals surface area contributed by atoms with Gasteiger partial charge in [0.1, 0.15) is 0 Å². The number of aliphatic hydroxyl groups is 1. The molecule has 55 heavy (non-hydrogen) atoms. The van der Waals surface area contributed by atoms with E-state index >= 15 is 0 Å². The van der Waals surface area contributed by atoms with Gasteiger partial charge in [0.2, 0.25) is 5.91 Å². The molecule has 0 aromatic heterocycles. The Morgan fingerprint density at radius 1 is 0.691 bits per heavy atom. The van der Waals surface area contributed by atoms with Gasteiger partial charge in [-0.1, -0.05) is 139 Å². The lowest BCUT2D eigenvalue weighted by atomic mass is 9.98. The van der Waals surface area contributed by atoms with Gasteiger partial charge in [0.05, 0.1) is 18.8 Å². The fourth-order valence-corrected chi connectivity index (χ4v) is 7.42. The number of hydrogen-bond acceptors (Lipinski definition) is 6. The molecule has 302 valence electrons. The first-order valence-corrected chi connectivity index (χ1v) is 21.3. The molecule has 3 N–H and O–H groups in total. The number of nitrogens with zero attached hydrogens (tertiary/aromatic N) is 1. The number of ether oxygens (including phenoxy) is 2. The number of rotatable bonds is 27. The van der Waals surface area contributed by atoms with Gasteiger partial charge in [-0.2, -0.15) is 0 Å². The van der Waals surface area contributed by atoms with Gasteiger partial charge in [-0.05, 0) is 78.7 Å². The van der Waals surface area contributed by atoms with Gasteiger partial charge in [-0.25, -0.2) is 0 Å². The fraction of sp³-hybridized carbons (Fsp3) is 0.574. The summed E-state index contributed by atoms with van der Waals surface area (Å²) in [5, 5.41) is 21.5. The summed E-state index contributed by atoms with van der Waals surface area (Å²) in [5.41, 5.74) is 6.04. The van der Waals surface area contributed by atoms with Crippen molar-refractivity contribution in [2.24, 2.45) is 0 Å². The Hall–Kier alpha value is -3.56. The van der Waals surface area contributed by atoms with Crippen LogP contribution in [0.15, 0.2) is 72.8 Å². The van der Waals surface area contributed by atoms with Gasteiger partial charge in [0.25, 0.3) is 0 Å². The van der Waals surface area contributed by atoms with Crippen LogP contribution in [0, 0.1) is 0 Å². The van der Waals surface area contributed by atoms with E-state index < -0.39 is 12.3 Å². The highest BCUT2D eigenvalue weighted by Crippen LogP contribution is 2.39. The van der Waals surface area contributed by atoms with Crippen molar-refractivity contribution in [2.75, 3.05) is 19.6 Å². The predicted molar refractivity (Wildman–Crippen MR) is 221 cm³/mol. The molecule has 8 heteroatoms. The SMILES string of the molecule is CCCCCCCCN(CCCCCCCC)C[C@H]1C[C@@H](c2ccc(CO)cc2)O[C@@H](c2cccc(-c3cccc(CNC(=O)CCCCC(=O)O)c3)c2)O1. The largest absolute Gasteiger partial charge is 0.481 e. The van der Waals surface area contributed by atoms with Gasteiger partial charge >= 0.3 is 5.97 Å². The van der Waals surface area contributed by atoms with Crippen LogP contribution in [0.1, 0.15) is 158 Å². The maximum Gasteiger partial charge on any atom is 0.303 e. The first-order valence-electron chi connectivity index (χ1n) is 21.3. The van der Waals surface area contributed by atoms with Crippen molar-refractivity contribution in [2.45, 2.75) is 155 Å². The molecule has 0 unspecified atom stereocenters. The van der Waals surface area contributed by atoms with Crippen LogP contribution in [-0.4, -0.2) is 52.7 Å². The molecule has 3 atom stereocenters. The highest BCUT2D eigenvalue weighted by Gasteiger charge is 2.33. The first-order chi connectivity index (χ1) is 26.9. The molecule has 1 aliphatic rings. The van der Waals surface area contributed by atoms with Crippen molar-refractivity contribution in [3.63, 3.8) is 0 Å². The van der Waals surface area contributed by atoms with E-state index in [9.17, 15) is 14.7 Å². The lowest BCUT2D eigenvalue weighted by molar-refractivity contribution is -0.253. The van der Waals surface area contributed by atoms with E-state index in [2.05, 4.69) is 72.6 Å². The monoisotopic (exact) mass is 757 g/mol. The number of aliphatic hydroxyl groups excluding tert-OH is 1. The van der Waals surface area contributed by atoms with E-state index in [4.69, 9.17) is 14.6 Å². The summed E-state index contributed by atoms with van der Waals surface area (Å²) in [6.07, 6.45) is 17.0. The van der Waals surface area contributed by atoms with Gasteiger partial charge < -0.3 is 29.9 Å². The van der Waals surface area contributed by atoms with Crippen molar-refractivity contribution in [3.05, 3.63) is 95.1 Å². The molecule has 0 aliphatic carbocycles. The number of carboxylic acids is 1. The molecule has 0 saturated carbocycles. The number of nitrogens with one attached hydrogen (secondary N) is 1. The summed E-state index contributed by atoms with van der Waals surface area (Å²) in [4.78, 5) is 25.8. The minimum atomic E-state index is -0.833. The maximum absolute atomic E-state index is 12.4. The molecule has 1 amide bonds. The summed E-state index contributed by atoms with van der Waals surface area (Å²) >= 11 is 0. The molecule has 1 saturated heterocycles. The van der Waals surface area contributed by atoms with Crippen LogP contribution >= 0.6 is 0 Å². The Morgan fingerprint density at radius 3 is 1.96 bits per heavy atom. The molecule has 4 rings (SSSR count). The molecule has 1 aliphatic heterocycles. The van der Waals surface area contributed by atoms with Crippen molar-refractivity contribution < 1.29 is 29.3 Å². The third kappa shape index (κ3) is 16.6. The van der Waals surface area contributed by atoms with Crippen LogP contribution in [0.25, 0.3) is 11.1 Å². The standard InChI is InChI=1S/C47H68N2O6/c1-3-5-7-9-11-15-29-49(30-16-12-10-8-6-4-2)35-43-33-44(39-27-25-37(36-50)26-28-39)55-47(54-43)42-22-18-21-41(32-42)40-20-17-19-38(31-40)34-48-45(51)23-13-14-24-46(52)53/h17-22,25-28,31-32,43-44,47,50H,3-16,23-24,29-30,33-36H2,1-2H3,(H,48,51)(H,52,53)/t43-,44+,47+/m1/s1. The quantitative estimate of drug-likeness (QED) is 0.0665. The van der Waals surface area contributed by atoms with E-state index in [0.717, 1.165) is 59.4 Å². The van der Waals surface area contributed by atoms with Crippen molar-refractivity contribution in [1.29, 1.82) is 0 Å². The Morgan fingerprint density at radius 2 is 1.31 bits per heavy atom. The van der Waals surface area contributed by atoms with Gasteiger partial charge in [-0.15, -0.1) is 0 Å². The van der Waals surface area contributed by atoms with E-state index in [1.165, 1.54) is 77.0 Å². The summed E-state index contributed by atoms with van der Waals surface area (Å²) in [6, 6.07) is 24.7. The second kappa shape index (κ2) is 25.6. The molecule has 3 aromatic carbocycles. The molecular formula is C47H68N2O6. The molecule has 8 nitrogen and oxygen atoms in total. The molecule has 1 fully saturated rings. The minimum Gasteiger partial charge on any atom is -0.481 e. The predicted octanol–water partition coefficient (Wildman–Crippen LogP) is 10.7. The minimum absolute atomic E-state index is 0.00109. The van der Waals surface area contributed by atoms with Gasteiger partial charge in [0.15, 0.2) is 6.29 Å². The third-order valence-electron chi connectivity index (χ3n) is 10.7. The molecule has 1 heterocycles. The number of benzene rings is 3. The number of unbranched alkanes of at least 4 members (excludes halogenated alkanes) is 11. The molecule has 0 radical (unpaired) electrons. The van der Waals surface area contributed by atoms with E-state index in [-0.39, 0.29) is 31.1 Å². The maximum atomic E-state index is 12.4. The lowest BCUT2D eigenvalue weighted by Crippen LogP contribution is -2.40. The number of hydrogen-bond donors (Lipinski definition) is 3. The highest BCUT2D eigenvalue weighted by atomic mass is 16.7. The molecule has 0 bridgehead atoms. The van der Waals surface area contributed by atoms with Gasteiger partial charge in [0, 0.05) is 37.9 Å². The molecular weight excluding hydrogens is 689 g/mol. The average molecular weight is 757 g/mol.